The molecule has 1 aromatic heterocycles. The molecule has 2 heterocycles. The number of rotatable bonds is 5. The Labute approximate surface area is 135 Å². The van der Waals surface area contributed by atoms with Crippen LogP contribution >= 0.6 is 11.8 Å². The molecule has 1 aromatic rings. The van der Waals surface area contributed by atoms with Crippen molar-refractivity contribution >= 4 is 29.4 Å². The highest BCUT2D eigenvalue weighted by Crippen LogP contribution is 2.29. The van der Waals surface area contributed by atoms with Crippen LogP contribution in [0.15, 0.2) is 10.6 Å². The molecule has 0 radical (unpaired) electrons. The number of anilines is 1. The van der Waals surface area contributed by atoms with Gasteiger partial charge in [0.15, 0.2) is 5.82 Å². The van der Waals surface area contributed by atoms with Crippen molar-refractivity contribution in [2.75, 3.05) is 17.6 Å². The molecule has 0 aliphatic carbocycles. The van der Waals surface area contributed by atoms with E-state index in [9.17, 15) is 9.59 Å². The summed E-state index contributed by atoms with van der Waals surface area (Å²) in [6, 6.07) is 1.66. The number of thioether (sulfide) groups is 1. The summed E-state index contributed by atoms with van der Waals surface area (Å²) in [6.45, 7) is 8.54. The molecule has 1 N–H and O–H groups in total. The SMILES string of the molecule is Cc1cc(NC(=O)[C@@H](C)SCC(=O)N2CCCC2(C)C)no1. The van der Waals surface area contributed by atoms with Gasteiger partial charge in [-0.15, -0.1) is 11.8 Å². The number of carbonyl (C=O) groups excluding carboxylic acids is 2. The Morgan fingerprint density at radius 2 is 2.27 bits per heavy atom. The first-order valence-corrected chi connectivity index (χ1v) is 8.51. The van der Waals surface area contributed by atoms with Crippen LogP contribution in [-0.2, 0) is 9.59 Å². The fourth-order valence-corrected chi connectivity index (χ4v) is 3.33. The first-order valence-electron chi connectivity index (χ1n) is 7.46. The van der Waals surface area contributed by atoms with Crippen LogP contribution in [0.25, 0.3) is 0 Å². The number of amides is 2. The highest BCUT2D eigenvalue weighted by atomic mass is 32.2. The van der Waals surface area contributed by atoms with E-state index in [0.717, 1.165) is 19.4 Å². The maximum Gasteiger partial charge on any atom is 0.238 e. The molecule has 0 unspecified atom stereocenters. The van der Waals surface area contributed by atoms with E-state index in [1.165, 1.54) is 11.8 Å². The Bertz CT molecular complexity index is 556. The Hall–Kier alpha value is -1.50. The van der Waals surface area contributed by atoms with E-state index in [-0.39, 0.29) is 22.6 Å². The minimum absolute atomic E-state index is 0.0681. The number of carbonyl (C=O) groups is 2. The van der Waals surface area contributed by atoms with Crippen molar-refractivity contribution in [3.8, 4) is 0 Å². The maximum absolute atomic E-state index is 12.3. The van der Waals surface area contributed by atoms with Crippen molar-refractivity contribution in [2.45, 2.75) is 51.3 Å². The summed E-state index contributed by atoms with van der Waals surface area (Å²) in [5, 5.41) is 6.08. The Morgan fingerprint density at radius 3 is 2.82 bits per heavy atom. The van der Waals surface area contributed by atoms with Crippen molar-refractivity contribution in [1.29, 1.82) is 0 Å². The molecule has 1 aliphatic heterocycles. The molecular formula is C15H23N3O3S. The summed E-state index contributed by atoms with van der Waals surface area (Å²) in [5.74, 6) is 1.29. The number of nitrogens with one attached hydrogen (secondary N) is 1. The van der Waals surface area contributed by atoms with Crippen LogP contribution < -0.4 is 5.32 Å². The largest absolute Gasteiger partial charge is 0.360 e. The molecule has 0 spiro atoms. The summed E-state index contributed by atoms with van der Waals surface area (Å²) in [4.78, 5) is 26.3. The summed E-state index contributed by atoms with van der Waals surface area (Å²) in [5.41, 5.74) is -0.0681. The minimum Gasteiger partial charge on any atom is -0.360 e. The molecule has 22 heavy (non-hydrogen) atoms. The highest BCUT2D eigenvalue weighted by molar-refractivity contribution is 8.01. The average Bonchev–Trinajstić information content (AvgIpc) is 3.00. The quantitative estimate of drug-likeness (QED) is 0.900. The third-order valence-corrected chi connectivity index (χ3v) is 5.04. The van der Waals surface area contributed by atoms with E-state index in [2.05, 4.69) is 24.3 Å². The molecule has 6 nitrogen and oxygen atoms in total. The van der Waals surface area contributed by atoms with Crippen molar-refractivity contribution < 1.29 is 14.1 Å². The van der Waals surface area contributed by atoms with Gasteiger partial charge in [-0.1, -0.05) is 5.16 Å². The predicted octanol–water partition coefficient (Wildman–Crippen LogP) is 2.44. The van der Waals surface area contributed by atoms with Crippen molar-refractivity contribution in [3.05, 3.63) is 11.8 Å². The second-order valence-electron chi connectivity index (χ2n) is 6.23. The standard InChI is InChI=1S/C15H23N3O3S/c1-10-8-12(17-21-10)16-14(20)11(2)22-9-13(19)18-7-5-6-15(18,3)4/h8,11H,5-7,9H2,1-4H3,(H,16,17,20)/t11-/m1/s1. The number of likely N-dealkylation sites (tertiary alicyclic amines) is 1. The molecule has 2 amide bonds. The second kappa shape index (κ2) is 6.73. The number of aromatic nitrogens is 1. The lowest BCUT2D eigenvalue weighted by Crippen LogP contribution is -2.43. The molecular weight excluding hydrogens is 302 g/mol. The minimum atomic E-state index is -0.327. The van der Waals surface area contributed by atoms with Crippen LogP contribution in [0.1, 0.15) is 39.4 Å². The first-order chi connectivity index (χ1) is 10.3. The molecule has 7 heteroatoms. The summed E-state index contributed by atoms with van der Waals surface area (Å²) < 4.78 is 4.90. The van der Waals surface area contributed by atoms with Crippen LogP contribution in [0.4, 0.5) is 5.82 Å². The van der Waals surface area contributed by atoms with Gasteiger partial charge in [-0.25, -0.2) is 0 Å². The zero-order chi connectivity index (χ0) is 16.3. The molecule has 1 atom stereocenters. The Morgan fingerprint density at radius 1 is 1.55 bits per heavy atom. The molecule has 2 rings (SSSR count). The predicted molar refractivity (Wildman–Crippen MR) is 86.8 cm³/mol. The fraction of sp³-hybridized carbons (Fsp3) is 0.667. The second-order valence-corrected chi connectivity index (χ2v) is 7.56. The topological polar surface area (TPSA) is 75.4 Å². The van der Waals surface area contributed by atoms with Gasteiger partial charge in [-0.2, -0.15) is 0 Å². The number of aryl methyl sites for hydroxylation is 1. The van der Waals surface area contributed by atoms with Gasteiger partial charge in [-0.05, 0) is 40.5 Å². The van der Waals surface area contributed by atoms with Crippen LogP contribution in [0.2, 0.25) is 0 Å². The molecule has 0 saturated carbocycles. The third kappa shape index (κ3) is 4.03. The third-order valence-electron chi connectivity index (χ3n) is 3.91. The number of hydrogen-bond donors (Lipinski definition) is 1. The van der Waals surface area contributed by atoms with Crippen molar-refractivity contribution in [2.24, 2.45) is 0 Å². The van der Waals surface area contributed by atoms with Crippen molar-refractivity contribution in [3.63, 3.8) is 0 Å². The van der Waals surface area contributed by atoms with Gasteiger partial charge in [0.25, 0.3) is 0 Å². The Kier molecular flexibility index (Phi) is 5.16. The monoisotopic (exact) mass is 325 g/mol. The van der Waals surface area contributed by atoms with Gasteiger partial charge in [0.2, 0.25) is 11.8 Å². The lowest BCUT2D eigenvalue weighted by Gasteiger charge is -2.31. The zero-order valence-corrected chi connectivity index (χ0v) is 14.3. The smallest absolute Gasteiger partial charge is 0.238 e. The van der Waals surface area contributed by atoms with Gasteiger partial charge in [0.1, 0.15) is 5.76 Å². The van der Waals surface area contributed by atoms with E-state index in [4.69, 9.17) is 4.52 Å². The lowest BCUT2D eigenvalue weighted by atomic mass is 10.0. The van der Waals surface area contributed by atoms with Gasteiger partial charge >= 0.3 is 0 Å². The molecule has 122 valence electrons. The molecule has 1 fully saturated rings. The maximum atomic E-state index is 12.3. The average molecular weight is 325 g/mol. The summed E-state index contributed by atoms with van der Waals surface area (Å²) in [6.07, 6.45) is 2.08. The van der Waals surface area contributed by atoms with Crippen LogP contribution in [0.5, 0.6) is 0 Å². The molecule has 0 aromatic carbocycles. The van der Waals surface area contributed by atoms with Gasteiger partial charge < -0.3 is 14.7 Å². The molecule has 1 aliphatic rings. The summed E-state index contributed by atoms with van der Waals surface area (Å²) >= 11 is 1.34. The normalized spacial score (nSPS) is 18.3. The molecule has 0 bridgehead atoms. The highest BCUT2D eigenvalue weighted by Gasteiger charge is 2.35. The Balaban J connectivity index is 1.80. The van der Waals surface area contributed by atoms with E-state index >= 15 is 0 Å². The molecule has 1 saturated heterocycles. The van der Waals surface area contributed by atoms with Gasteiger partial charge in [0.05, 0.1) is 11.0 Å². The number of hydrogen-bond acceptors (Lipinski definition) is 5. The van der Waals surface area contributed by atoms with Crippen LogP contribution in [0.3, 0.4) is 0 Å². The zero-order valence-electron chi connectivity index (χ0n) is 13.5. The number of nitrogens with zero attached hydrogens (tertiary/aromatic N) is 2. The van der Waals surface area contributed by atoms with Crippen LogP contribution in [-0.4, -0.2) is 45.0 Å². The van der Waals surface area contributed by atoms with Gasteiger partial charge in [-0.3, -0.25) is 9.59 Å². The van der Waals surface area contributed by atoms with E-state index in [0.29, 0.717) is 17.3 Å². The van der Waals surface area contributed by atoms with Crippen molar-refractivity contribution in [1.82, 2.24) is 10.1 Å². The van der Waals surface area contributed by atoms with E-state index in [1.54, 1.807) is 19.9 Å². The van der Waals surface area contributed by atoms with Gasteiger partial charge in [0, 0.05) is 18.2 Å². The fourth-order valence-electron chi connectivity index (χ4n) is 2.57. The van der Waals surface area contributed by atoms with E-state index < -0.39 is 0 Å². The first kappa shape index (κ1) is 16.9. The van der Waals surface area contributed by atoms with E-state index in [1.807, 2.05) is 4.90 Å². The lowest BCUT2D eigenvalue weighted by molar-refractivity contribution is -0.131. The summed E-state index contributed by atoms with van der Waals surface area (Å²) in [7, 11) is 0. The van der Waals surface area contributed by atoms with Crippen LogP contribution in [0, 0.1) is 6.92 Å².